The van der Waals surface area contributed by atoms with Crippen molar-refractivity contribution < 1.29 is 0 Å². The highest BCUT2D eigenvalue weighted by Gasteiger charge is 2.36. The summed E-state index contributed by atoms with van der Waals surface area (Å²) in [5, 5.41) is 7.89. The molecule has 12 aromatic rings. The van der Waals surface area contributed by atoms with Crippen LogP contribution in [0.3, 0.4) is 0 Å². The smallest absolute Gasteiger partial charge is 0.0468 e. The van der Waals surface area contributed by atoms with Gasteiger partial charge in [0, 0.05) is 22.5 Å². The highest BCUT2D eigenvalue weighted by molar-refractivity contribution is 6.26. The first-order valence-corrected chi connectivity index (χ1v) is 24.5. The fourth-order valence-corrected chi connectivity index (χ4v) is 12.0. The average molecular weight is 890 g/mol. The Balaban J connectivity index is 0.888. The predicted octanol–water partition coefficient (Wildman–Crippen LogP) is 19.2. The molecule has 0 saturated heterocycles. The summed E-state index contributed by atoms with van der Waals surface area (Å²) >= 11 is 0. The van der Waals surface area contributed by atoms with Gasteiger partial charge < -0.3 is 4.90 Å². The summed E-state index contributed by atoms with van der Waals surface area (Å²) in [7, 11) is 0. The molecular formula is C69H47N. The molecule has 0 fully saturated rings. The lowest BCUT2D eigenvalue weighted by Crippen LogP contribution is -2.15. The van der Waals surface area contributed by atoms with E-state index in [0.29, 0.717) is 0 Å². The van der Waals surface area contributed by atoms with Gasteiger partial charge in [-0.1, -0.05) is 208 Å². The molecule has 0 spiro atoms. The van der Waals surface area contributed by atoms with Crippen LogP contribution in [0.25, 0.3) is 110 Å². The van der Waals surface area contributed by atoms with Crippen LogP contribution in [0.1, 0.15) is 25.0 Å². The molecule has 328 valence electrons. The maximum Gasteiger partial charge on any atom is 0.0468 e. The Bertz CT molecular complexity index is 4060. The molecule has 1 heteroatoms. The molecule has 0 aromatic heterocycles. The van der Waals surface area contributed by atoms with Gasteiger partial charge in [-0.15, -0.1) is 0 Å². The first-order valence-electron chi connectivity index (χ1n) is 24.5. The molecule has 0 atom stereocenters. The van der Waals surface area contributed by atoms with E-state index < -0.39 is 0 Å². The summed E-state index contributed by atoms with van der Waals surface area (Å²) in [6.45, 7) is 4.80. The van der Waals surface area contributed by atoms with Crippen LogP contribution < -0.4 is 4.90 Å². The summed E-state index contributed by atoms with van der Waals surface area (Å²) in [5.41, 5.74) is 23.3. The number of hydrogen-bond donors (Lipinski definition) is 0. The van der Waals surface area contributed by atoms with Crippen molar-refractivity contribution >= 4 is 49.4 Å². The van der Waals surface area contributed by atoms with E-state index in [1.165, 1.54) is 121 Å². The Morgan fingerprint density at radius 3 is 1.11 bits per heavy atom. The van der Waals surface area contributed by atoms with Crippen LogP contribution in [0.4, 0.5) is 17.1 Å². The molecule has 14 rings (SSSR count). The van der Waals surface area contributed by atoms with E-state index in [4.69, 9.17) is 0 Å². The topological polar surface area (TPSA) is 3.24 Å². The van der Waals surface area contributed by atoms with Crippen LogP contribution in [0, 0.1) is 0 Å². The lowest BCUT2D eigenvalue weighted by Gasteiger charge is -2.28. The van der Waals surface area contributed by atoms with Gasteiger partial charge >= 0.3 is 0 Å². The van der Waals surface area contributed by atoms with Gasteiger partial charge in [0.1, 0.15) is 0 Å². The summed E-state index contributed by atoms with van der Waals surface area (Å²) in [5.74, 6) is 0. The SMILES string of the molecule is CC1(C)c2cc(-c3ccc(N(c4ccc(-c5ccccc5)cc4)c4ccc5c(c4)-c4ccccc4-c4ccccc4-c4ccccc4-5)cc3)ccc2-c2cc3c4ccccc4c4ccccc4c3cc21. The summed E-state index contributed by atoms with van der Waals surface area (Å²) in [6, 6.07) is 92.5. The number of anilines is 3. The third-order valence-electron chi connectivity index (χ3n) is 15.4. The van der Waals surface area contributed by atoms with Gasteiger partial charge in [-0.25, -0.2) is 0 Å². The maximum absolute atomic E-state index is 2.50. The van der Waals surface area contributed by atoms with Crippen molar-refractivity contribution in [2.45, 2.75) is 19.3 Å². The monoisotopic (exact) mass is 889 g/mol. The number of rotatable bonds is 5. The van der Waals surface area contributed by atoms with Gasteiger partial charge in [0.15, 0.2) is 0 Å². The van der Waals surface area contributed by atoms with Gasteiger partial charge in [0.2, 0.25) is 0 Å². The minimum Gasteiger partial charge on any atom is -0.310 e. The van der Waals surface area contributed by atoms with Crippen molar-refractivity contribution in [1.29, 1.82) is 0 Å². The van der Waals surface area contributed by atoms with Crippen LogP contribution in [0.15, 0.2) is 249 Å². The fourth-order valence-electron chi connectivity index (χ4n) is 12.0. The van der Waals surface area contributed by atoms with E-state index in [1.807, 2.05) is 0 Å². The molecule has 0 N–H and O–H groups in total. The zero-order valence-electron chi connectivity index (χ0n) is 39.1. The molecule has 12 aromatic carbocycles. The normalized spacial score (nSPS) is 12.8. The van der Waals surface area contributed by atoms with E-state index in [2.05, 4.69) is 267 Å². The Morgan fingerprint density at radius 2 is 0.586 bits per heavy atom. The van der Waals surface area contributed by atoms with Crippen LogP contribution >= 0.6 is 0 Å². The number of benzene rings is 12. The van der Waals surface area contributed by atoms with E-state index in [9.17, 15) is 0 Å². The van der Waals surface area contributed by atoms with Gasteiger partial charge in [-0.05, 0) is 176 Å². The first kappa shape index (κ1) is 40.3. The van der Waals surface area contributed by atoms with Gasteiger partial charge in [0.25, 0.3) is 0 Å². The lowest BCUT2D eigenvalue weighted by atomic mass is 9.80. The second-order valence-corrected chi connectivity index (χ2v) is 19.6. The zero-order valence-corrected chi connectivity index (χ0v) is 39.1. The fraction of sp³-hybridized carbons (Fsp3) is 0.0435. The molecule has 0 unspecified atom stereocenters. The Hall–Kier alpha value is -8.78. The van der Waals surface area contributed by atoms with Crippen molar-refractivity contribution in [3.63, 3.8) is 0 Å². The average Bonchev–Trinajstić information content (AvgIpc) is 3.64. The van der Waals surface area contributed by atoms with Crippen molar-refractivity contribution in [3.8, 4) is 77.9 Å². The molecular weight excluding hydrogens is 843 g/mol. The molecule has 0 saturated carbocycles. The molecule has 2 aliphatic carbocycles. The molecule has 2 aliphatic rings. The quantitative estimate of drug-likeness (QED) is 0.156. The van der Waals surface area contributed by atoms with Gasteiger partial charge in [-0.2, -0.15) is 0 Å². The minimum absolute atomic E-state index is 0.171. The van der Waals surface area contributed by atoms with Crippen LogP contribution in [0.5, 0.6) is 0 Å². The van der Waals surface area contributed by atoms with Gasteiger partial charge in [0.05, 0.1) is 0 Å². The number of nitrogens with zero attached hydrogens (tertiary/aromatic N) is 1. The Kier molecular flexibility index (Phi) is 9.00. The zero-order chi connectivity index (χ0) is 46.5. The maximum atomic E-state index is 2.50. The second kappa shape index (κ2) is 15.6. The van der Waals surface area contributed by atoms with Crippen molar-refractivity contribution in [2.24, 2.45) is 0 Å². The molecule has 0 radical (unpaired) electrons. The molecule has 70 heavy (non-hydrogen) atoms. The molecule has 1 nitrogen and oxygen atoms in total. The van der Waals surface area contributed by atoms with E-state index in [1.54, 1.807) is 0 Å². The van der Waals surface area contributed by atoms with Crippen LogP contribution in [0.2, 0.25) is 0 Å². The number of hydrogen-bond acceptors (Lipinski definition) is 1. The number of fused-ring (bicyclic) bond motifs is 17. The lowest BCUT2D eigenvalue weighted by molar-refractivity contribution is 0.661. The van der Waals surface area contributed by atoms with Crippen LogP contribution in [-0.2, 0) is 5.41 Å². The molecule has 0 aliphatic heterocycles. The Morgan fingerprint density at radius 1 is 0.229 bits per heavy atom. The minimum atomic E-state index is -0.171. The highest BCUT2D eigenvalue weighted by Crippen LogP contribution is 2.53. The summed E-state index contributed by atoms with van der Waals surface area (Å²) in [4.78, 5) is 2.42. The third kappa shape index (κ3) is 6.18. The summed E-state index contributed by atoms with van der Waals surface area (Å²) < 4.78 is 0. The van der Waals surface area contributed by atoms with Gasteiger partial charge in [-0.3, -0.25) is 0 Å². The molecule has 0 bridgehead atoms. The van der Waals surface area contributed by atoms with E-state index >= 15 is 0 Å². The van der Waals surface area contributed by atoms with Crippen LogP contribution in [-0.4, -0.2) is 0 Å². The Labute approximate surface area is 409 Å². The van der Waals surface area contributed by atoms with Crippen molar-refractivity contribution in [1.82, 2.24) is 0 Å². The standard InChI is InChI=1S/C69H47N/c1-69(2)67-40-47(32-38-62(67)66-42-64-59-26-14-11-22-55(59)56-23-12-15-27-60(56)65(64)43-68(66)69)46-30-35-49(36-31-46)70(48-33-28-45(29-34-48)44-16-4-3-5-17-44)50-37-39-61-57-24-9-8-20-53(57)51-18-6-7-19-52(51)54-21-10-13-25-58(54)63(61)41-50/h3-43H,1-2H3. The molecule has 0 amide bonds. The predicted molar refractivity (Wildman–Crippen MR) is 297 cm³/mol. The van der Waals surface area contributed by atoms with Crippen molar-refractivity contribution in [2.75, 3.05) is 4.90 Å². The largest absolute Gasteiger partial charge is 0.310 e. The summed E-state index contributed by atoms with van der Waals surface area (Å²) in [6.07, 6.45) is 0. The van der Waals surface area contributed by atoms with Crippen molar-refractivity contribution in [3.05, 3.63) is 260 Å². The van der Waals surface area contributed by atoms with E-state index in [0.717, 1.165) is 17.1 Å². The van der Waals surface area contributed by atoms with E-state index in [-0.39, 0.29) is 5.41 Å². The highest BCUT2D eigenvalue weighted by atomic mass is 15.1. The second-order valence-electron chi connectivity index (χ2n) is 19.6. The molecule has 0 heterocycles. The first-order chi connectivity index (χ1) is 34.5. The third-order valence-corrected chi connectivity index (χ3v) is 15.4.